The van der Waals surface area contributed by atoms with E-state index in [9.17, 15) is 31.1 Å². The second-order valence-electron chi connectivity index (χ2n) is 4.93. The smallest absolute Gasteiger partial charge is 0.293 e. The summed E-state index contributed by atoms with van der Waals surface area (Å²) in [6, 6.07) is 6.74. The first kappa shape index (κ1) is 17.6. The van der Waals surface area contributed by atoms with Gasteiger partial charge in [0, 0.05) is 5.56 Å². The van der Waals surface area contributed by atoms with Crippen LogP contribution >= 0.6 is 11.6 Å². The summed E-state index contributed by atoms with van der Waals surface area (Å²) in [5.41, 5.74) is -1.49. The van der Waals surface area contributed by atoms with Crippen LogP contribution in [0, 0.1) is 5.92 Å². The first-order valence-corrected chi connectivity index (χ1v) is 6.68. The topological polar surface area (TPSA) is 17.1 Å². The normalized spacial score (nSPS) is 25.2. The largest absolute Gasteiger partial charge is 0.416 e. The van der Waals surface area contributed by atoms with Gasteiger partial charge in [-0.2, -0.15) is 26.3 Å². The molecule has 8 heteroatoms. The Kier molecular flexibility index (Phi) is 4.36. The summed E-state index contributed by atoms with van der Waals surface area (Å²) in [7, 11) is 0. The number of carbonyl (C=O) groups excluding carboxylic acids is 1. The van der Waals surface area contributed by atoms with Crippen LogP contribution in [0.4, 0.5) is 26.3 Å². The summed E-state index contributed by atoms with van der Waals surface area (Å²) in [5, 5.41) is 0. The van der Waals surface area contributed by atoms with E-state index in [-0.39, 0.29) is 23.8 Å². The third kappa shape index (κ3) is 3.29. The molecule has 2 unspecified atom stereocenters. The van der Waals surface area contributed by atoms with E-state index in [4.69, 9.17) is 11.6 Å². The summed E-state index contributed by atoms with van der Waals surface area (Å²) in [4.78, 5) is 9.08. The molecule has 0 aliphatic heterocycles. The molecule has 0 N–H and O–H groups in total. The van der Waals surface area contributed by atoms with Gasteiger partial charge in [0.05, 0.1) is 11.5 Å². The molecule has 0 saturated carbocycles. The first-order valence-electron chi connectivity index (χ1n) is 6.30. The molecule has 0 fully saturated rings. The van der Waals surface area contributed by atoms with Crippen LogP contribution < -0.4 is 0 Å². The fraction of sp³-hybridized carbons (Fsp3) is 0.267. The quantitative estimate of drug-likeness (QED) is 0.411. The molecule has 23 heavy (non-hydrogen) atoms. The van der Waals surface area contributed by atoms with Crippen LogP contribution in [0.25, 0.3) is 0 Å². The van der Waals surface area contributed by atoms with Gasteiger partial charge in [0.15, 0.2) is 10.7 Å². The molecule has 1 nitrogen and oxygen atoms in total. The summed E-state index contributed by atoms with van der Waals surface area (Å²) < 4.78 is 78.0. The fourth-order valence-electron chi connectivity index (χ4n) is 2.18. The lowest BCUT2D eigenvalue weighted by molar-refractivity contribution is -0.156. The lowest BCUT2D eigenvalue weighted by Gasteiger charge is -2.35. The van der Waals surface area contributed by atoms with Gasteiger partial charge in [-0.05, 0) is 0 Å². The molecule has 0 bridgehead atoms. The average Bonchev–Trinajstić information content (AvgIpc) is 2.45. The Morgan fingerprint density at radius 3 is 2.09 bits per heavy atom. The zero-order valence-electron chi connectivity index (χ0n) is 11.3. The lowest BCUT2D eigenvalue weighted by Crippen LogP contribution is -2.49. The van der Waals surface area contributed by atoms with Gasteiger partial charge < -0.3 is 0 Å². The van der Waals surface area contributed by atoms with E-state index in [1.807, 2.05) is 0 Å². The molecular formula is C15H9ClF6O. The van der Waals surface area contributed by atoms with Gasteiger partial charge in [0.2, 0.25) is 0 Å². The van der Waals surface area contributed by atoms with E-state index in [0.29, 0.717) is 0 Å². The Balaban J connectivity index is 2.54. The van der Waals surface area contributed by atoms with Gasteiger partial charge in [-0.1, -0.05) is 48.6 Å². The molecule has 0 aromatic heterocycles. The number of carbonyl (C=O) groups is 1. The highest BCUT2D eigenvalue weighted by molar-refractivity contribution is 6.28. The summed E-state index contributed by atoms with van der Waals surface area (Å²) in [5.74, 6) is -3.35. The van der Waals surface area contributed by atoms with Crippen LogP contribution in [0.15, 0.2) is 54.1 Å². The number of rotatable bonds is 2. The minimum atomic E-state index is -5.10. The molecule has 2 atom stereocenters. The minimum absolute atomic E-state index is 0.153. The molecule has 0 spiro atoms. The van der Waals surface area contributed by atoms with Crippen molar-refractivity contribution < 1.29 is 31.1 Å². The van der Waals surface area contributed by atoms with Crippen molar-refractivity contribution in [3.05, 3.63) is 59.7 Å². The highest BCUT2D eigenvalue weighted by atomic mass is 35.5. The fourth-order valence-corrected chi connectivity index (χ4v) is 2.40. The second kappa shape index (κ2) is 5.70. The summed E-state index contributed by atoms with van der Waals surface area (Å²) in [6.45, 7) is 0. The van der Waals surface area contributed by atoms with Crippen LogP contribution in [0.3, 0.4) is 0 Å². The number of allylic oxidation sites excluding steroid dienone is 4. The Labute approximate surface area is 132 Å². The zero-order chi connectivity index (χ0) is 17.5. The Morgan fingerprint density at radius 1 is 1.04 bits per heavy atom. The maximum absolute atomic E-state index is 13.2. The Hall–Kier alpha value is -1.76. The molecule has 1 aromatic carbocycles. The highest BCUT2D eigenvalue weighted by Gasteiger charge is 2.60. The van der Waals surface area contributed by atoms with Crippen LogP contribution in [-0.4, -0.2) is 23.0 Å². The molecule has 2 rings (SSSR count). The molecule has 124 valence electrons. The molecule has 0 saturated heterocycles. The predicted octanol–water partition coefficient (Wildman–Crippen LogP) is 5.08. The van der Waals surface area contributed by atoms with Crippen molar-refractivity contribution >= 4 is 17.4 Å². The molecule has 0 heterocycles. The monoisotopic (exact) mass is 354 g/mol. The van der Waals surface area contributed by atoms with Crippen molar-refractivity contribution in [1.29, 1.82) is 0 Å². The zero-order valence-corrected chi connectivity index (χ0v) is 12.0. The highest BCUT2D eigenvalue weighted by Crippen LogP contribution is 2.48. The maximum Gasteiger partial charge on any atom is 0.416 e. The van der Waals surface area contributed by atoms with Gasteiger partial charge in [0.25, 0.3) is 0 Å². The molecule has 1 aliphatic carbocycles. The van der Waals surface area contributed by atoms with Gasteiger partial charge in [-0.15, -0.1) is 11.6 Å². The van der Waals surface area contributed by atoms with Crippen molar-refractivity contribution in [2.24, 2.45) is 5.92 Å². The maximum atomic E-state index is 13.2. The number of halogens is 7. The third-order valence-electron chi connectivity index (χ3n) is 3.41. The van der Waals surface area contributed by atoms with Gasteiger partial charge in [-0.3, -0.25) is 4.79 Å². The van der Waals surface area contributed by atoms with Crippen LogP contribution in [-0.2, 0) is 0 Å². The minimum Gasteiger partial charge on any atom is -0.293 e. The van der Waals surface area contributed by atoms with E-state index >= 15 is 0 Å². The van der Waals surface area contributed by atoms with Gasteiger partial charge >= 0.3 is 12.4 Å². The van der Waals surface area contributed by atoms with Gasteiger partial charge in [-0.25, -0.2) is 0 Å². The van der Waals surface area contributed by atoms with Crippen molar-refractivity contribution in [3.63, 3.8) is 0 Å². The molecule has 0 radical (unpaired) electrons. The van der Waals surface area contributed by atoms with Crippen molar-refractivity contribution in [1.82, 2.24) is 0 Å². The van der Waals surface area contributed by atoms with Crippen LogP contribution in [0.5, 0.6) is 0 Å². The van der Waals surface area contributed by atoms with Gasteiger partial charge in [0.1, 0.15) is 0 Å². The number of ketones is 1. The van der Waals surface area contributed by atoms with Crippen molar-refractivity contribution in [2.75, 3.05) is 0 Å². The number of Topliss-reactive ketones (excluding diaryl/α,β-unsaturated/α-hetero) is 1. The Morgan fingerprint density at radius 2 is 1.61 bits per heavy atom. The molecular weight excluding hydrogens is 346 g/mol. The molecule has 1 aromatic rings. The summed E-state index contributed by atoms with van der Waals surface area (Å²) >= 11 is 5.53. The van der Waals surface area contributed by atoms with E-state index < -0.39 is 34.5 Å². The third-order valence-corrected chi connectivity index (χ3v) is 3.98. The van der Waals surface area contributed by atoms with Crippen LogP contribution in [0.1, 0.15) is 10.4 Å². The molecule has 1 aliphatic rings. The lowest BCUT2D eigenvalue weighted by atomic mass is 9.79. The second-order valence-corrected chi connectivity index (χ2v) is 5.55. The SMILES string of the molecule is O=C(c1ccccc1)C1C=C(C(F)(F)F)C=CC1(Cl)C(F)(F)F. The number of hydrogen-bond acceptors (Lipinski definition) is 1. The van der Waals surface area contributed by atoms with Crippen molar-refractivity contribution in [3.8, 4) is 0 Å². The first-order chi connectivity index (χ1) is 10.5. The summed E-state index contributed by atoms with van der Waals surface area (Å²) in [6.07, 6.45) is -9.32. The number of alkyl halides is 7. The van der Waals surface area contributed by atoms with Crippen molar-refractivity contribution in [2.45, 2.75) is 17.2 Å². The van der Waals surface area contributed by atoms with E-state index in [0.717, 1.165) is 0 Å². The van der Waals surface area contributed by atoms with E-state index in [1.165, 1.54) is 30.3 Å². The van der Waals surface area contributed by atoms with Crippen LogP contribution in [0.2, 0.25) is 0 Å². The number of benzene rings is 1. The standard InChI is InChI=1S/C15H9ClF6O/c16-13(15(20,21)22)7-6-10(14(17,18)19)8-11(13)12(23)9-4-2-1-3-5-9/h1-8,11H. The number of hydrogen-bond donors (Lipinski definition) is 0. The predicted molar refractivity (Wildman–Crippen MR) is 72.2 cm³/mol. The van der Waals surface area contributed by atoms with E-state index in [2.05, 4.69) is 0 Å². The van der Waals surface area contributed by atoms with E-state index in [1.54, 1.807) is 0 Å². The Bertz CT molecular complexity index is 659. The molecule has 0 amide bonds. The average molecular weight is 355 g/mol.